The summed E-state index contributed by atoms with van der Waals surface area (Å²) in [5.74, 6) is 2.21. The molecule has 140 valence electrons. The molecule has 0 aliphatic heterocycles. The van der Waals surface area contributed by atoms with Gasteiger partial charge in [0.25, 0.3) is 0 Å². The van der Waals surface area contributed by atoms with Gasteiger partial charge in [0.05, 0.1) is 32.5 Å². The first-order valence-corrected chi connectivity index (χ1v) is 8.85. The molecule has 5 heteroatoms. The Morgan fingerprint density at radius 1 is 0.607 bits per heavy atom. The molecule has 0 N–H and O–H groups in total. The van der Waals surface area contributed by atoms with Crippen LogP contribution in [0.3, 0.4) is 0 Å². The first-order chi connectivity index (χ1) is 13.7. The van der Waals surface area contributed by atoms with Gasteiger partial charge in [0.15, 0.2) is 11.5 Å². The van der Waals surface area contributed by atoms with Crippen molar-refractivity contribution in [2.75, 3.05) is 21.3 Å². The Balaban J connectivity index is 1.84. The van der Waals surface area contributed by atoms with Crippen LogP contribution in [-0.2, 0) is 0 Å². The highest BCUT2D eigenvalue weighted by atomic mass is 16.5. The maximum absolute atomic E-state index is 5.44. The average molecular weight is 372 g/mol. The lowest BCUT2D eigenvalue weighted by Crippen LogP contribution is -1.92. The van der Waals surface area contributed by atoms with E-state index in [1.54, 1.807) is 27.7 Å². The normalized spacial score (nSPS) is 10.7. The molecule has 0 spiro atoms. The van der Waals surface area contributed by atoms with E-state index >= 15 is 0 Å². The van der Waals surface area contributed by atoms with Crippen molar-refractivity contribution < 1.29 is 14.2 Å². The highest BCUT2D eigenvalue weighted by Crippen LogP contribution is 2.35. The number of hydrogen-bond donors (Lipinski definition) is 0. The molecule has 28 heavy (non-hydrogen) atoms. The number of benzene rings is 3. The summed E-state index contributed by atoms with van der Waals surface area (Å²) in [4.78, 5) is 8.95. The van der Waals surface area contributed by atoms with E-state index in [1.165, 1.54) is 0 Å². The Morgan fingerprint density at radius 3 is 2.00 bits per heavy atom. The maximum Gasteiger partial charge on any atom is 0.161 e. The summed E-state index contributed by atoms with van der Waals surface area (Å²) >= 11 is 0. The highest BCUT2D eigenvalue weighted by molar-refractivity contribution is 5.95. The number of aromatic nitrogens is 2. The van der Waals surface area contributed by atoms with Crippen molar-refractivity contribution in [2.45, 2.75) is 0 Å². The smallest absolute Gasteiger partial charge is 0.161 e. The van der Waals surface area contributed by atoms with Gasteiger partial charge in [-0.15, -0.1) is 0 Å². The van der Waals surface area contributed by atoms with E-state index in [-0.39, 0.29) is 0 Å². The first kappa shape index (κ1) is 17.8. The van der Waals surface area contributed by atoms with E-state index in [0.29, 0.717) is 11.5 Å². The van der Waals surface area contributed by atoms with Crippen LogP contribution >= 0.6 is 0 Å². The van der Waals surface area contributed by atoms with Crippen LogP contribution in [0.5, 0.6) is 17.2 Å². The van der Waals surface area contributed by atoms with Crippen molar-refractivity contribution in [1.29, 1.82) is 0 Å². The highest BCUT2D eigenvalue weighted by Gasteiger charge is 2.11. The fraction of sp³-hybridized carbons (Fsp3) is 0.130. The van der Waals surface area contributed by atoms with Crippen LogP contribution in [0.15, 0.2) is 67.0 Å². The van der Waals surface area contributed by atoms with Gasteiger partial charge >= 0.3 is 0 Å². The molecule has 0 saturated carbocycles. The van der Waals surface area contributed by atoms with Gasteiger partial charge < -0.3 is 14.2 Å². The average Bonchev–Trinajstić information content (AvgIpc) is 2.78. The first-order valence-electron chi connectivity index (χ1n) is 8.85. The van der Waals surface area contributed by atoms with E-state index in [0.717, 1.165) is 39.0 Å². The van der Waals surface area contributed by atoms with Crippen molar-refractivity contribution in [3.05, 3.63) is 67.0 Å². The van der Waals surface area contributed by atoms with Crippen LogP contribution in [0.2, 0.25) is 0 Å². The molecule has 0 amide bonds. The molecule has 0 fully saturated rings. The van der Waals surface area contributed by atoms with Crippen molar-refractivity contribution in [1.82, 2.24) is 9.97 Å². The van der Waals surface area contributed by atoms with E-state index in [2.05, 4.69) is 16.0 Å². The number of hydrogen-bond acceptors (Lipinski definition) is 5. The lowest BCUT2D eigenvalue weighted by molar-refractivity contribution is 0.355. The van der Waals surface area contributed by atoms with Gasteiger partial charge in [-0.05, 0) is 59.7 Å². The summed E-state index contributed by atoms with van der Waals surface area (Å²) in [6, 6.07) is 19.9. The second-order valence-corrected chi connectivity index (χ2v) is 6.25. The summed E-state index contributed by atoms with van der Waals surface area (Å²) in [5.41, 5.74) is 4.87. The van der Waals surface area contributed by atoms with Gasteiger partial charge in [-0.25, -0.2) is 9.97 Å². The number of methoxy groups -OCH3 is 3. The van der Waals surface area contributed by atoms with E-state index in [1.807, 2.05) is 54.6 Å². The van der Waals surface area contributed by atoms with Gasteiger partial charge in [0.1, 0.15) is 12.1 Å². The minimum Gasteiger partial charge on any atom is -0.497 e. The van der Waals surface area contributed by atoms with Crippen LogP contribution in [0.1, 0.15) is 0 Å². The molecule has 5 nitrogen and oxygen atoms in total. The van der Waals surface area contributed by atoms with E-state index < -0.39 is 0 Å². The topological polar surface area (TPSA) is 53.5 Å². The summed E-state index contributed by atoms with van der Waals surface area (Å²) in [5, 5.41) is 0.986. The molecule has 4 aromatic rings. The molecular weight excluding hydrogens is 352 g/mol. The van der Waals surface area contributed by atoms with Gasteiger partial charge in [0, 0.05) is 10.9 Å². The molecule has 1 aromatic heterocycles. The zero-order chi connectivity index (χ0) is 19.5. The predicted molar refractivity (Wildman–Crippen MR) is 110 cm³/mol. The van der Waals surface area contributed by atoms with Gasteiger partial charge in [0.2, 0.25) is 0 Å². The summed E-state index contributed by atoms with van der Waals surface area (Å²) in [6.45, 7) is 0. The summed E-state index contributed by atoms with van der Waals surface area (Å²) in [7, 11) is 4.92. The molecule has 0 unspecified atom stereocenters. The number of fused-ring (bicyclic) bond motifs is 1. The van der Waals surface area contributed by atoms with Crippen molar-refractivity contribution in [2.24, 2.45) is 0 Å². The van der Waals surface area contributed by atoms with Crippen LogP contribution in [0.4, 0.5) is 0 Å². The third kappa shape index (κ3) is 3.22. The minimum absolute atomic E-state index is 0.694. The molecule has 0 bridgehead atoms. The fourth-order valence-electron chi connectivity index (χ4n) is 3.23. The van der Waals surface area contributed by atoms with Crippen LogP contribution in [0, 0.1) is 0 Å². The SMILES string of the molecule is COc1ccc(-c2ncnc3ccc(-c4ccc(OC)c(OC)c4)cc23)cc1. The number of nitrogens with zero attached hydrogens (tertiary/aromatic N) is 2. The zero-order valence-corrected chi connectivity index (χ0v) is 16.0. The largest absolute Gasteiger partial charge is 0.497 e. The van der Waals surface area contributed by atoms with E-state index in [4.69, 9.17) is 14.2 Å². The Hall–Kier alpha value is -3.60. The van der Waals surface area contributed by atoms with Gasteiger partial charge in [-0.3, -0.25) is 0 Å². The predicted octanol–water partition coefficient (Wildman–Crippen LogP) is 4.99. The molecule has 0 saturated heterocycles. The lowest BCUT2D eigenvalue weighted by Gasteiger charge is -2.11. The Kier molecular flexibility index (Phi) is 4.81. The minimum atomic E-state index is 0.694. The molecule has 0 aliphatic rings. The Bertz CT molecular complexity index is 1120. The second-order valence-electron chi connectivity index (χ2n) is 6.25. The molecule has 1 heterocycles. The number of ether oxygens (including phenoxy) is 3. The summed E-state index contributed by atoms with van der Waals surface area (Å²) in [6.07, 6.45) is 1.60. The molecule has 3 aromatic carbocycles. The molecule has 4 rings (SSSR count). The van der Waals surface area contributed by atoms with Crippen LogP contribution < -0.4 is 14.2 Å². The summed E-state index contributed by atoms with van der Waals surface area (Å²) < 4.78 is 16.0. The zero-order valence-electron chi connectivity index (χ0n) is 16.0. The molecule has 0 atom stereocenters. The monoisotopic (exact) mass is 372 g/mol. The number of rotatable bonds is 5. The molecule has 0 radical (unpaired) electrons. The quantitative estimate of drug-likeness (QED) is 0.494. The fourth-order valence-corrected chi connectivity index (χ4v) is 3.23. The van der Waals surface area contributed by atoms with Crippen molar-refractivity contribution in [3.63, 3.8) is 0 Å². The Labute approximate surface area is 163 Å². The third-order valence-corrected chi connectivity index (χ3v) is 4.72. The third-order valence-electron chi connectivity index (χ3n) is 4.72. The molecular formula is C23H20N2O3. The van der Waals surface area contributed by atoms with Gasteiger partial charge in [-0.1, -0.05) is 12.1 Å². The molecule has 0 aliphatic carbocycles. The van der Waals surface area contributed by atoms with Crippen LogP contribution in [-0.4, -0.2) is 31.3 Å². The lowest BCUT2D eigenvalue weighted by atomic mass is 10.00. The second kappa shape index (κ2) is 7.56. The Morgan fingerprint density at radius 2 is 1.29 bits per heavy atom. The van der Waals surface area contributed by atoms with E-state index in [9.17, 15) is 0 Å². The standard InChI is InChI=1S/C23H20N2O3/c1-26-18-8-4-15(5-9-18)23-19-12-16(6-10-20(19)24-14-25-23)17-7-11-21(27-2)22(13-17)28-3/h4-14H,1-3H3. The van der Waals surface area contributed by atoms with Crippen molar-refractivity contribution in [3.8, 4) is 39.6 Å². The maximum atomic E-state index is 5.44. The van der Waals surface area contributed by atoms with Gasteiger partial charge in [-0.2, -0.15) is 0 Å². The van der Waals surface area contributed by atoms with Crippen LogP contribution in [0.25, 0.3) is 33.3 Å². The van der Waals surface area contributed by atoms with Crippen molar-refractivity contribution >= 4 is 10.9 Å².